The Bertz CT molecular complexity index is 1020. The molecular weight excluding hydrogens is 811 g/mol. The minimum atomic E-state index is -0.959. The number of rotatable bonds is 55. The van der Waals surface area contributed by atoms with Gasteiger partial charge in [0.25, 0.3) is 0 Å². The Balaban J connectivity index is 3.48. The van der Waals surface area contributed by atoms with Gasteiger partial charge in [-0.2, -0.15) is 0 Å². The third-order valence-corrected chi connectivity index (χ3v) is 13.9. The zero-order valence-electron chi connectivity index (χ0n) is 44.6. The van der Waals surface area contributed by atoms with Crippen molar-refractivity contribution < 1.29 is 20.1 Å². The van der Waals surface area contributed by atoms with Gasteiger partial charge in [-0.15, -0.1) is 0 Å². The van der Waals surface area contributed by atoms with Crippen LogP contribution >= 0.6 is 0 Å². The number of carbonyl (C=O) groups is 1. The molecule has 0 aromatic carbocycles. The van der Waals surface area contributed by atoms with E-state index in [1.807, 2.05) is 6.08 Å². The van der Waals surface area contributed by atoms with Gasteiger partial charge in [-0.25, -0.2) is 0 Å². The first-order valence-corrected chi connectivity index (χ1v) is 29.8. The molecule has 5 heteroatoms. The second-order valence-electron chi connectivity index (χ2n) is 20.6. The van der Waals surface area contributed by atoms with Crippen molar-refractivity contribution in [3.8, 4) is 0 Å². The molecule has 0 bridgehead atoms. The highest BCUT2D eigenvalue weighted by Crippen LogP contribution is 2.18. The molecule has 0 aliphatic carbocycles. The lowest BCUT2D eigenvalue weighted by molar-refractivity contribution is -0.124. The number of hydrogen-bond donors (Lipinski definition) is 4. The molecule has 66 heavy (non-hydrogen) atoms. The van der Waals surface area contributed by atoms with E-state index in [0.29, 0.717) is 6.42 Å². The molecule has 0 rings (SSSR count). The Kier molecular flexibility index (Phi) is 54.9. The van der Waals surface area contributed by atoms with E-state index in [4.69, 9.17) is 0 Å². The fourth-order valence-corrected chi connectivity index (χ4v) is 9.38. The normalized spacial score (nSPS) is 13.5. The van der Waals surface area contributed by atoms with Crippen LogP contribution in [0.15, 0.2) is 36.5 Å². The molecule has 0 aliphatic heterocycles. The number of amides is 1. The lowest BCUT2D eigenvalue weighted by atomic mass is 10.0. The van der Waals surface area contributed by atoms with Crippen molar-refractivity contribution in [2.45, 2.75) is 340 Å². The quantitative estimate of drug-likeness (QED) is 0.0361. The highest BCUT2D eigenvalue weighted by Gasteiger charge is 2.20. The van der Waals surface area contributed by atoms with Gasteiger partial charge < -0.3 is 20.6 Å². The molecule has 0 aliphatic rings. The molecule has 3 atom stereocenters. The zero-order valence-corrected chi connectivity index (χ0v) is 44.6. The number of nitrogens with one attached hydrogen (secondary N) is 1. The molecular formula is C61H117NO4. The van der Waals surface area contributed by atoms with Gasteiger partial charge in [0.15, 0.2) is 0 Å². The molecule has 0 radical (unpaired) electrons. The van der Waals surface area contributed by atoms with Gasteiger partial charge in [0, 0.05) is 0 Å². The van der Waals surface area contributed by atoms with E-state index in [1.165, 1.54) is 257 Å². The Labute approximate surface area is 413 Å². The first-order valence-electron chi connectivity index (χ1n) is 29.8. The maximum absolute atomic E-state index is 12.5. The van der Waals surface area contributed by atoms with Crippen molar-refractivity contribution in [3.05, 3.63) is 36.5 Å². The smallest absolute Gasteiger partial charge is 0.222 e. The van der Waals surface area contributed by atoms with E-state index < -0.39 is 18.2 Å². The van der Waals surface area contributed by atoms with Gasteiger partial charge in [-0.1, -0.05) is 307 Å². The third-order valence-electron chi connectivity index (χ3n) is 13.9. The van der Waals surface area contributed by atoms with Gasteiger partial charge in [0.05, 0.1) is 31.3 Å². The van der Waals surface area contributed by atoms with Crippen LogP contribution in [0.3, 0.4) is 0 Å². The third kappa shape index (κ3) is 52.0. The van der Waals surface area contributed by atoms with Crippen LogP contribution in [0.4, 0.5) is 0 Å². The fraction of sp³-hybridized carbons (Fsp3) is 0.885. The summed E-state index contributed by atoms with van der Waals surface area (Å²) < 4.78 is 0. The van der Waals surface area contributed by atoms with E-state index >= 15 is 0 Å². The summed E-state index contributed by atoms with van der Waals surface area (Å²) in [7, 11) is 0. The van der Waals surface area contributed by atoms with Crippen LogP contribution in [0.5, 0.6) is 0 Å². The van der Waals surface area contributed by atoms with Crippen LogP contribution in [0, 0.1) is 0 Å². The van der Waals surface area contributed by atoms with Gasteiger partial charge in [0.1, 0.15) is 0 Å². The average Bonchev–Trinajstić information content (AvgIpc) is 3.31. The summed E-state index contributed by atoms with van der Waals surface area (Å²) in [6, 6.07) is -0.766. The SMILES string of the molecule is CCCCCCCC/C=C/CC/C=C/CC/C=C/C(O)C(CO)NC(=O)CC(O)CCCCCCCCCCCCCCCCCCCCCCCCCCCCCCCCCCCCC. The average molecular weight is 929 g/mol. The standard InChI is InChI=1S/C61H117NO4/c1-3-5-7-9-11-13-15-17-19-21-22-23-24-25-26-27-28-29-30-31-32-33-34-35-36-37-38-39-40-42-44-46-48-50-52-54-58(64)56-61(66)62-59(57-63)60(65)55-53-51-49-47-45-43-41-20-18-16-14-12-10-8-6-4-2/h18,20,45,47,53,55,58-60,63-65H,3-17,19,21-44,46,48-52,54,56-57H2,1-2H3,(H,62,66)/b20-18+,47-45+,55-53+. The van der Waals surface area contributed by atoms with Crippen LogP contribution in [0.1, 0.15) is 322 Å². The highest BCUT2D eigenvalue weighted by atomic mass is 16.3. The maximum atomic E-state index is 12.5. The first kappa shape index (κ1) is 64.6. The number of unbranched alkanes of at least 4 members (excludes halogenated alkanes) is 42. The molecule has 0 saturated heterocycles. The second kappa shape index (κ2) is 56.2. The van der Waals surface area contributed by atoms with E-state index in [2.05, 4.69) is 43.5 Å². The molecule has 3 unspecified atom stereocenters. The minimum absolute atomic E-state index is 0.00559. The summed E-state index contributed by atoms with van der Waals surface area (Å²) in [6.45, 7) is 4.21. The second-order valence-corrected chi connectivity index (χ2v) is 20.6. The van der Waals surface area contributed by atoms with Crippen molar-refractivity contribution in [2.75, 3.05) is 6.61 Å². The molecule has 0 saturated carbocycles. The number of aliphatic hydroxyl groups excluding tert-OH is 3. The summed E-state index contributed by atoms with van der Waals surface area (Å²) in [4.78, 5) is 12.5. The first-order chi connectivity index (χ1) is 32.5. The van der Waals surface area contributed by atoms with Crippen molar-refractivity contribution in [1.82, 2.24) is 5.32 Å². The topological polar surface area (TPSA) is 89.8 Å². The van der Waals surface area contributed by atoms with Gasteiger partial charge in [0.2, 0.25) is 5.91 Å². The Morgan fingerprint density at radius 2 is 0.652 bits per heavy atom. The number of carbonyl (C=O) groups excluding carboxylic acids is 1. The molecule has 0 fully saturated rings. The number of allylic oxidation sites excluding steroid dienone is 5. The van der Waals surface area contributed by atoms with Crippen LogP contribution in [0.25, 0.3) is 0 Å². The Morgan fingerprint density at radius 1 is 0.379 bits per heavy atom. The predicted octanol–water partition coefficient (Wildman–Crippen LogP) is 18.6. The van der Waals surface area contributed by atoms with Gasteiger partial charge in [-0.05, 0) is 44.9 Å². The monoisotopic (exact) mass is 928 g/mol. The molecule has 4 N–H and O–H groups in total. The van der Waals surface area contributed by atoms with Crippen LogP contribution < -0.4 is 5.32 Å². The molecule has 5 nitrogen and oxygen atoms in total. The summed E-state index contributed by atoms with van der Waals surface area (Å²) in [5.74, 6) is -0.325. The van der Waals surface area contributed by atoms with Crippen molar-refractivity contribution >= 4 is 5.91 Å². The lowest BCUT2D eigenvalue weighted by Crippen LogP contribution is -2.45. The number of hydrogen-bond acceptors (Lipinski definition) is 4. The Morgan fingerprint density at radius 3 is 0.970 bits per heavy atom. The zero-order chi connectivity index (χ0) is 47.9. The van der Waals surface area contributed by atoms with Crippen molar-refractivity contribution in [1.29, 1.82) is 0 Å². The highest BCUT2D eigenvalue weighted by molar-refractivity contribution is 5.76. The van der Waals surface area contributed by atoms with Gasteiger partial charge in [-0.3, -0.25) is 4.79 Å². The fourth-order valence-electron chi connectivity index (χ4n) is 9.38. The van der Waals surface area contributed by atoms with E-state index in [0.717, 1.165) is 38.5 Å². The summed E-state index contributed by atoms with van der Waals surface area (Å²) in [6.07, 6.45) is 73.7. The van der Waals surface area contributed by atoms with E-state index in [9.17, 15) is 20.1 Å². The Hall–Kier alpha value is -1.43. The van der Waals surface area contributed by atoms with Gasteiger partial charge >= 0.3 is 0 Å². The predicted molar refractivity (Wildman–Crippen MR) is 291 cm³/mol. The van der Waals surface area contributed by atoms with Crippen LogP contribution in [-0.4, -0.2) is 46.1 Å². The van der Waals surface area contributed by atoms with E-state index in [-0.39, 0.29) is 18.9 Å². The lowest BCUT2D eigenvalue weighted by Gasteiger charge is -2.21. The van der Waals surface area contributed by atoms with Crippen LogP contribution in [-0.2, 0) is 4.79 Å². The minimum Gasteiger partial charge on any atom is -0.394 e. The van der Waals surface area contributed by atoms with Crippen molar-refractivity contribution in [3.63, 3.8) is 0 Å². The number of aliphatic hydroxyl groups is 3. The summed E-state index contributed by atoms with van der Waals surface area (Å²) in [5.41, 5.74) is 0. The van der Waals surface area contributed by atoms with Crippen LogP contribution in [0.2, 0.25) is 0 Å². The molecule has 0 aromatic rings. The summed E-state index contributed by atoms with van der Waals surface area (Å²) >= 11 is 0. The largest absolute Gasteiger partial charge is 0.394 e. The maximum Gasteiger partial charge on any atom is 0.222 e. The molecule has 0 heterocycles. The summed E-state index contributed by atoms with van der Waals surface area (Å²) in [5, 5.41) is 33.4. The van der Waals surface area contributed by atoms with Crippen molar-refractivity contribution in [2.24, 2.45) is 0 Å². The molecule has 390 valence electrons. The molecule has 0 aromatic heterocycles. The van der Waals surface area contributed by atoms with E-state index in [1.54, 1.807) is 6.08 Å². The molecule has 0 spiro atoms. The molecule has 1 amide bonds.